The third-order valence-corrected chi connectivity index (χ3v) is 4.83. The number of alkyl halides is 6. The Morgan fingerprint density at radius 2 is 1.61 bits per heavy atom. The van der Waals surface area contributed by atoms with Gasteiger partial charge in [0.2, 0.25) is 0 Å². The summed E-state index contributed by atoms with van der Waals surface area (Å²) in [4.78, 5) is 17.3. The molecule has 31 heavy (non-hydrogen) atoms. The number of nitrogens with zero attached hydrogens (tertiary/aromatic N) is 4. The van der Waals surface area contributed by atoms with E-state index < -0.39 is 40.9 Å². The molecule has 1 aliphatic heterocycles. The average molecular weight is 440 g/mol. The van der Waals surface area contributed by atoms with Gasteiger partial charge in [-0.2, -0.15) is 31.4 Å². The van der Waals surface area contributed by atoms with Crippen LogP contribution < -0.4 is 4.90 Å². The second kappa shape index (κ2) is 7.40. The van der Waals surface area contributed by atoms with E-state index in [1.165, 1.54) is 12.1 Å². The molecular weight excluding hydrogens is 426 g/mol. The summed E-state index contributed by atoms with van der Waals surface area (Å²) in [7, 11) is 0. The first kappa shape index (κ1) is 20.9. The maximum Gasteiger partial charge on any atom is 0.433 e. The summed E-state index contributed by atoms with van der Waals surface area (Å²) in [6.07, 6.45) is -8.59. The fourth-order valence-electron chi connectivity index (χ4n) is 3.50. The molecule has 3 aromatic rings. The predicted octanol–water partition coefficient (Wildman–Crippen LogP) is 5.03. The van der Waals surface area contributed by atoms with Crippen LogP contribution in [0.25, 0.3) is 11.3 Å². The van der Waals surface area contributed by atoms with Gasteiger partial charge >= 0.3 is 12.4 Å². The predicted molar refractivity (Wildman–Crippen MR) is 98.2 cm³/mol. The summed E-state index contributed by atoms with van der Waals surface area (Å²) in [5.74, 6) is -1.07. The molecule has 3 heterocycles. The smallest absolute Gasteiger partial charge is 0.307 e. The fourth-order valence-corrected chi connectivity index (χ4v) is 3.50. The van der Waals surface area contributed by atoms with Gasteiger partial charge in [-0.05, 0) is 18.6 Å². The van der Waals surface area contributed by atoms with Crippen LogP contribution >= 0.6 is 0 Å². The van der Waals surface area contributed by atoms with E-state index in [-0.39, 0.29) is 30.8 Å². The third-order valence-electron chi connectivity index (χ3n) is 4.83. The number of halogens is 6. The Hall–Kier alpha value is -3.37. The van der Waals surface area contributed by atoms with E-state index >= 15 is 0 Å². The van der Waals surface area contributed by atoms with Gasteiger partial charge in [0, 0.05) is 30.5 Å². The van der Waals surface area contributed by atoms with Crippen LogP contribution in [-0.2, 0) is 18.9 Å². The topological polar surface area (TPSA) is 51.0 Å². The average Bonchev–Trinajstić information content (AvgIpc) is 3.04. The molecule has 0 N–H and O–H groups in total. The highest BCUT2D eigenvalue weighted by Crippen LogP contribution is 2.41. The largest absolute Gasteiger partial charge is 0.433 e. The molecule has 1 aliphatic rings. The third kappa shape index (κ3) is 3.87. The van der Waals surface area contributed by atoms with Gasteiger partial charge in [-0.1, -0.05) is 30.3 Å². The van der Waals surface area contributed by atoms with Crippen LogP contribution in [-0.4, -0.2) is 27.2 Å². The lowest BCUT2D eigenvalue weighted by Gasteiger charge is -2.22. The Morgan fingerprint density at radius 1 is 0.903 bits per heavy atom. The van der Waals surface area contributed by atoms with Crippen molar-refractivity contribution in [2.75, 3.05) is 11.4 Å². The Labute approximate surface area is 171 Å². The molecule has 1 amide bonds. The number of rotatable bonds is 2. The first-order chi connectivity index (χ1) is 14.6. The van der Waals surface area contributed by atoms with Gasteiger partial charge in [-0.15, -0.1) is 0 Å². The number of anilines is 1. The zero-order valence-electron chi connectivity index (χ0n) is 15.7. The van der Waals surface area contributed by atoms with Crippen molar-refractivity contribution < 1.29 is 31.1 Å². The number of carbonyl (C=O) groups excluding carboxylic acids is 1. The molecule has 0 atom stereocenters. The maximum absolute atomic E-state index is 14.0. The van der Waals surface area contributed by atoms with Crippen molar-refractivity contribution in [1.82, 2.24) is 14.8 Å². The molecule has 0 saturated heterocycles. The molecule has 0 bridgehead atoms. The van der Waals surface area contributed by atoms with E-state index in [0.29, 0.717) is 6.07 Å². The number of amides is 1. The first-order valence-corrected chi connectivity index (χ1v) is 9.16. The van der Waals surface area contributed by atoms with Crippen LogP contribution in [0, 0.1) is 0 Å². The van der Waals surface area contributed by atoms with Crippen LogP contribution in [0.2, 0.25) is 0 Å². The summed E-state index contributed by atoms with van der Waals surface area (Å²) in [6, 6.07) is 9.41. The number of aryl methyl sites for hydroxylation is 1. The minimum absolute atomic E-state index is 0.00466. The molecule has 1 aromatic carbocycles. The van der Waals surface area contributed by atoms with Gasteiger partial charge in [-0.3, -0.25) is 14.5 Å². The summed E-state index contributed by atoms with van der Waals surface area (Å²) in [5.41, 5.74) is -3.55. The number of carbonyl (C=O) groups is 1. The van der Waals surface area contributed by atoms with E-state index in [1.807, 2.05) is 0 Å². The summed E-state index contributed by atoms with van der Waals surface area (Å²) in [6.45, 7) is -0.0633. The first-order valence-electron chi connectivity index (χ1n) is 9.16. The van der Waals surface area contributed by atoms with E-state index in [9.17, 15) is 31.1 Å². The monoisotopic (exact) mass is 440 g/mol. The molecule has 0 spiro atoms. The second-order valence-electron chi connectivity index (χ2n) is 6.87. The number of fused-ring (bicyclic) bond motifs is 1. The highest BCUT2D eigenvalue weighted by atomic mass is 19.4. The highest BCUT2D eigenvalue weighted by molar-refractivity contribution is 6.07. The number of aromatic nitrogens is 3. The molecule has 0 aliphatic carbocycles. The van der Waals surface area contributed by atoms with E-state index in [2.05, 4.69) is 10.1 Å². The summed E-state index contributed by atoms with van der Waals surface area (Å²) in [5, 5.41) is 4.04. The SMILES string of the molecule is O=C1c2c(C(F)(F)F)c(-c3ccccc3)nn2CCCN1c1ccnc(C(F)(F)F)c1. The molecule has 0 unspecified atom stereocenters. The van der Waals surface area contributed by atoms with Crippen molar-refractivity contribution in [2.24, 2.45) is 0 Å². The van der Waals surface area contributed by atoms with Gasteiger partial charge in [0.25, 0.3) is 5.91 Å². The quantitative estimate of drug-likeness (QED) is 0.525. The van der Waals surface area contributed by atoms with Crippen molar-refractivity contribution >= 4 is 11.6 Å². The second-order valence-corrected chi connectivity index (χ2v) is 6.87. The zero-order chi connectivity index (χ0) is 22.4. The molecule has 4 rings (SSSR count). The Bertz CT molecular complexity index is 1120. The van der Waals surface area contributed by atoms with Crippen molar-refractivity contribution in [3.05, 3.63) is 65.6 Å². The fraction of sp³-hybridized carbons (Fsp3) is 0.250. The Morgan fingerprint density at radius 3 is 2.26 bits per heavy atom. The van der Waals surface area contributed by atoms with Crippen molar-refractivity contribution in [3.63, 3.8) is 0 Å². The lowest BCUT2D eigenvalue weighted by atomic mass is 10.0. The summed E-state index contributed by atoms with van der Waals surface area (Å²) < 4.78 is 82.2. The molecule has 2 aromatic heterocycles. The van der Waals surface area contributed by atoms with Crippen molar-refractivity contribution in [2.45, 2.75) is 25.3 Å². The molecule has 0 radical (unpaired) electrons. The minimum Gasteiger partial charge on any atom is -0.307 e. The van der Waals surface area contributed by atoms with Gasteiger partial charge in [0.1, 0.15) is 22.6 Å². The van der Waals surface area contributed by atoms with Crippen LogP contribution in [0.5, 0.6) is 0 Å². The Balaban J connectivity index is 1.86. The van der Waals surface area contributed by atoms with Gasteiger partial charge < -0.3 is 4.90 Å². The molecule has 5 nitrogen and oxygen atoms in total. The van der Waals surface area contributed by atoms with E-state index in [0.717, 1.165) is 21.8 Å². The standard InChI is InChI=1S/C20H14F6N4O/c21-19(22,23)14-11-13(7-8-27-14)29-9-4-10-30-17(18(29)31)15(20(24,25)26)16(28-30)12-5-2-1-3-6-12/h1-3,5-8,11H,4,9-10H2. The van der Waals surface area contributed by atoms with Crippen LogP contribution in [0.4, 0.5) is 32.0 Å². The molecule has 162 valence electrons. The van der Waals surface area contributed by atoms with Gasteiger partial charge in [-0.25, -0.2) is 0 Å². The highest BCUT2D eigenvalue weighted by Gasteiger charge is 2.44. The van der Waals surface area contributed by atoms with E-state index in [1.54, 1.807) is 18.2 Å². The summed E-state index contributed by atoms with van der Waals surface area (Å²) >= 11 is 0. The molecular formula is C20H14F6N4O. The van der Waals surface area contributed by atoms with E-state index in [4.69, 9.17) is 0 Å². The number of hydrogen-bond donors (Lipinski definition) is 0. The van der Waals surface area contributed by atoms with Crippen molar-refractivity contribution in [1.29, 1.82) is 0 Å². The number of pyridine rings is 1. The van der Waals surface area contributed by atoms with Crippen LogP contribution in [0.3, 0.4) is 0 Å². The zero-order valence-corrected chi connectivity index (χ0v) is 15.7. The Kier molecular flexibility index (Phi) is 4.98. The molecule has 11 heteroatoms. The number of benzene rings is 1. The lowest BCUT2D eigenvalue weighted by Crippen LogP contribution is -2.33. The number of hydrogen-bond acceptors (Lipinski definition) is 3. The molecule has 0 fully saturated rings. The lowest BCUT2D eigenvalue weighted by molar-refractivity contribution is -0.141. The van der Waals surface area contributed by atoms with Crippen LogP contribution in [0.1, 0.15) is 28.2 Å². The van der Waals surface area contributed by atoms with Crippen LogP contribution in [0.15, 0.2) is 48.7 Å². The molecule has 0 saturated carbocycles. The van der Waals surface area contributed by atoms with Gasteiger partial charge in [0.15, 0.2) is 0 Å². The maximum atomic E-state index is 14.0. The normalized spacial score (nSPS) is 15.0. The van der Waals surface area contributed by atoms with Gasteiger partial charge in [0.05, 0.1) is 0 Å². The minimum atomic E-state index is -4.90. The van der Waals surface area contributed by atoms with Crippen molar-refractivity contribution in [3.8, 4) is 11.3 Å².